The van der Waals surface area contributed by atoms with Crippen molar-refractivity contribution in [2.24, 2.45) is 0 Å². The van der Waals surface area contributed by atoms with E-state index in [1.54, 1.807) is 0 Å². The first-order valence-corrected chi connectivity index (χ1v) is 17.4. The lowest BCUT2D eigenvalue weighted by Crippen LogP contribution is -2.16. The van der Waals surface area contributed by atoms with E-state index >= 15 is 0 Å². The molecule has 0 saturated carbocycles. The van der Waals surface area contributed by atoms with E-state index in [2.05, 4.69) is 219 Å². The lowest BCUT2D eigenvalue weighted by molar-refractivity contribution is 0.660. The van der Waals surface area contributed by atoms with Gasteiger partial charge in [0.1, 0.15) is 0 Å². The normalized spacial score (nSPS) is 12.8. The Kier molecular flexibility index (Phi) is 8.14. The number of aryl methyl sites for hydroxylation is 1. The Bertz CT molecular complexity index is 2250. The van der Waals surface area contributed by atoms with Crippen molar-refractivity contribution in [3.63, 3.8) is 0 Å². The molecule has 0 aliphatic heterocycles. The van der Waals surface area contributed by atoms with Crippen molar-refractivity contribution in [2.75, 3.05) is 9.80 Å². The average Bonchev–Trinajstić information content (AvgIpc) is 3.38. The predicted octanol–water partition coefficient (Wildman–Crippen LogP) is 13.4. The molecule has 1 aliphatic carbocycles. The van der Waals surface area contributed by atoms with E-state index in [0.29, 0.717) is 0 Å². The van der Waals surface area contributed by atoms with Gasteiger partial charge in [-0.05, 0) is 113 Å². The molecule has 0 fully saturated rings. The van der Waals surface area contributed by atoms with Gasteiger partial charge >= 0.3 is 0 Å². The van der Waals surface area contributed by atoms with Crippen LogP contribution < -0.4 is 9.80 Å². The Morgan fingerprint density at radius 1 is 0.400 bits per heavy atom. The molecule has 7 aromatic carbocycles. The maximum absolute atomic E-state index is 2.39. The van der Waals surface area contributed by atoms with Gasteiger partial charge in [-0.15, -0.1) is 0 Å². The molecule has 50 heavy (non-hydrogen) atoms. The number of benzene rings is 7. The molecule has 8 rings (SSSR count). The highest BCUT2D eigenvalue weighted by atomic mass is 15.1. The highest BCUT2D eigenvalue weighted by Crippen LogP contribution is 2.51. The van der Waals surface area contributed by atoms with Gasteiger partial charge in [-0.1, -0.05) is 135 Å². The predicted molar refractivity (Wildman–Crippen MR) is 213 cm³/mol. The summed E-state index contributed by atoms with van der Waals surface area (Å²) in [6.07, 6.45) is 4.46. The molecule has 0 unspecified atom stereocenters. The van der Waals surface area contributed by atoms with Crippen LogP contribution in [0.4, 0.5) is 34.1 Å². The lowest BCUT2D eigenvalue weighted by atomic mass is 9.81. The smallest absolute Gasteiger partial charge is 0.0490 e. The van der Waals surface area contributed by atoms with Crippen LogP contribution in [-0.4, -0.2) is 0 Å². The van der Waals surface area contributed by atoms with E-state index < -0.39 is 0 Å². The van der Waals surface area contributed by atoms with Gasteiger partial charge in [0.25, 0.3) is 0 Å². The summed E-state index contributed by atoms with van der Waals surface area (Å²) in [4.78, 5) is 4.67. The van der Waals surface area contributed by atoms with Crippen molar-refractivity contribution in [1.29, 1.82) is 0 Å². The minimum absolute atomic E-state index is 0.137. The van der Waals surface area contributed by atoms with E-state index in [9.17, 15) is 0 Å². The first-order chi connectivity index (χ1) is 24.5. The van der Waals surface area contributed by atoms with Gasteiger partial charge in [-0.25, -0.2) is 0 Å². The fourth-order valence-corrected chi connectivity index (χ4v) is 7.33. The molecular weight excluding hydrogens is 605 g/mol. The molecule has 0 N–H and O–H groups in total. The van der Waals surface area contributed by atoms with E-state index in [0.717, 1.165) is 22.7 Å². The van der Waals surface area contributed by atoms with Gasteiger partial charge < -0.3 is 9.80 Å². The number of rotatable bonds is 8. The van der Waals surface area contributed by atoms with Gasteiger partial charge in [0.2, 0.25) is 0 Å². The van der Waals surface area contributed by atoms with E-state index in [-0.39, 0.29) is 5.41 Å². The van der Waals surface area contributed by atoms with Crippen LogP contribution in [0, 0.1) is 6.92 Å². The first kappa shape index (κ1) is 31.2. The van der Waals surface area contributed by atoms with Crippen LogP contribution in [-0.2, 0) is 5.41 Å². The highest BCUT2D eigenvalue weighted by molar-refractivity contribution is 5.87. The lowest BCUT2D eigenvalue weighted by Gasteiger charge is -2.28. The third kappa shape index (κ3) is 5.80. The summed E-state index contributed by atoms with van der Waals surface area (Å²) in [5.41, 5.74) is 15.8. The third-order valence-electron chi connectivity index (χ3n) is 9.96. The van der Waals surface area contributed by atoms with Crippen LogP contribution in [0.15, 0.2) is 176 Å². The van der Waals surface area contributed by atoms with Gasteiger partial charge in [0.05, 0.1) is 0 Å². The number of hydrogen-bond acceptors (Lipinski definition) is 2. The summed E-state index contributed by atoms with van der Waals surface area (Å²) in [5.74, 6) is 0. The molecule has 0 spiro atoms. The maximum atomic E-state index is 2.39. The van der Waals surface area contributed by atoms with Crippen LogP contribution in [0.1, 0.15) is 41.7 Å². The SMILES string of the molecule is Cc1ccccc1N(c1ccccc1)c1ccc(/C=C/c2ccc3c(c2)C(C)(C)c2cc(N(c4ccccc4)c4ccccc4)ccc2-3)cc1. The molecule has 0 radical (unpaired) electrons. The fourth-order valence-electron chi connectivity index (χ4n) is 7.33. The first-order valence-electron chi connectivity index (χ1n) is 17.4. The molecule has 0 atom stereocenters. The van der Waals surface area contributed by atoms with Crippen LogP contribution in [0.25, 0.3) is 23.3 Å². The largest absolute Gasteiger partial charge is 0.310 e. The van der Waals surface area contributed by atoms with Crippen molar-refractivity contribution >= 4 is 46.3 Å². The van der Waals surface area contributed by atoms with Gasteiger partial charge in [-0.2, -0.15) is 0 Å². The van der Waals surface area contributed by atoms with Crippen LogP contribution in [0.2, 0.25) is 0 Å². The average molecular weight is 645 g/mol. The second kappa shape index (κ2) is 13.1. The van der Waals surface area contributed by atoms with Crippen molar-refractivity contribution in [3.05, 3.63) is 204 Å². The molecule has 242 valence electrons. The van der Waals surface area contributed by atoms with Crippen molar-refractivity contribution in [2.45, 2.75) is 26.2 Å². The number of fused-ring (bicyclic) bond motifs is 3. The monoisotopic (exact) mass is 644 g/mol. The summed E-state index contributed by atoms with van der Waals surface area (Å²) in [6, 6.07) is 63.1. The highest BCUT2D eigenvalue weighted by Gasteiger charge is 2.36. The van der Waals surface area contributed by atoms with Gasteiger partial charge in [0.15, 0.2) is 0 Å². The molecule has 0 bridgehead atoms. The Balaban J connectivity index is 1.08. The summed E-state index contributed by atoms with van der Waals surface area (Å²) in [6.45, 7) is 6.88. The molecule has 0 amide bonds. The van der Waals surface area contributed by atoms with Crippen molar-refractivity contribution in [3.8, 4) is 11.1 Å². The summed E-state index contributed by atoms with van der Waals surface area (Å²) in [5, 5.41) is 0. The second-order valence-electron chi connectivity index (χ2n) is 13.5. The van der Waals surface area contributed by atoms with Gasteiger partial charge in [0, 0.05) is 39.5 Å². The topological polar surface area (TPSA) is 6.48 Å². The number of para-hydroxylation sites is 4. The summed E-state index contributed by atoms with van der Waals surface area (Å²) >= 11 is 0. The van der Waals surface area contributed by atoms with Crippen LogP contribution in [0.5, 0.6) is 0 Å². The molecular formula is C48H40N2. The zero-order chi connectivity index (χ0) is 34.1. The van der Waals surface area contributed by atoms with Crippen LogP contribution >= 0.6 is 0 Å². The standard InChI is InChI=1S/C48H40N2/c1-35-15-13-14-22-47(35)50(40-20-11-6-12-21-40)41-28-25-36(26-29-41)23-24-37-27-31-43-44-32-30-42(34-46(44)48(2,3)45(43)33-37)49(38-16-7-4-8-17-38)39-18-9-5-10-19-39/h4-34H,1-3H3/b24-23+. The van der Waals surface area contributed by atoms with Crippen LogP contribution in [0.3, 0.4) is 0 Å². The maximum Gasteiger partial charge on any atom is 0.0490 e. The molecule has 7 aromatic rings. The number of nitrogens with zero attached hydrogens (tertiary/aromatic N) is 2. The molecule has 0 aromatic heterocycles. The molecule has 0 heterocycles. The van der Waals surface area contributed by atoms with E-state index in [1.165, 1.54) is 50.3 Å². The van der Waals surface area contributed by atoms with Gasteiger partial charge in [-0.3, -0.25) is 0 Å². The zero-order valence-corrected chi connectivity index (χ0v) is 28.8. The summed E-state index contributed by atoms with van der Waals surface area (Å²) in [7, 11) is 0. The molecule has 2 heteroatoms. The van der Waals surface area contributed by atoms with Crippen molar-refractivity contribution < 1.29 is 0 Å². The quantitative estimate of drug-likeness (QED) is 0.152. The Morgan fingerprint density at radius 3 is 1.44 bits per heavy atom. The van der Waals surface area contributed by atoms with E-state index in [4.69, 9.17) is 0 Å². The second-order valence-corrected chi connectivity index (χ2v) is 13.5. The Morgan fingerprint density at radius 2 is 0.840 bits per heavy atom. The molecule has 2 nitrogen and oxygen atoms in total. The summed E-state index contributed by atoms with van der Waals surface area (Å²) < 4.78 is 0. The minimum Gasteiger partial charge on any atom is -0.310 e. The van der Waals surface area contributed by atoms with Crippen molar-refractivity contribution in [1.82, 2.24) is 0 Å². The molecule has 0 saturated heterocycles. The molecule has 1 aliphatic rings. The number of hydrogen-bond donors (Lipinski definition) is 0. The number of anilines is 6. The Hall–Kier alpha value is -6.12. The Labute approximate surface area is 296 Å². The zero-order valence-electron chi connectivity index (χ0n) is 28.8. The van der Waals surface area contributed by atoms with E-state index in [1.807, 2.05) is 0 Å². The minimum atomic E-state index is -0.137. The fraction of sp³-hybridized carbons (Fsp3) is 0.0833. The third-order valence-corrected chi connectivity index (χ3v) is 9.96.